The Kier molecular flexibility index (Phi) is 3.67. The van der Waals surface area contributed by atoms with Crippen LogP contribution in [0.3, 0.4) is 0 Å². The molecule has 92 valence electrons. The lowest BCUT2D eigenvalue weighted by Crippen LogP contribution is -1.99. The van der Waals surface area contributed by atoms with E-state index in [1.807, 2.05) is 0 Å². The molecule has 0 aliphatic heterocycles. The molecule has 0 bridgehead atoms. The van der Waals surface area contributed by atoms with Gasteiger partial charge in [0.1, 0.15) is 12.4 Å². The van der Waals surface area contributed by atoms with E-state index in [0.717, 1.165) is 12.1 Å². The Morgan fingerprint density at radius 1 is 1.06 bits per heavy atom. The summed E-state index contributed by atoms with van der Waals surface area (Å²) >= 11 is 0. The third-order valence-corrected chi connectivity index (χ3v) is 2.42. The van der Waals surface area contributed by atoms with Crippen molar-refractivity contribution in [3.05, 3.63) is 65.2 Å². The van der Waals surface area contributed by atoms with Crippen molar-refractivity contribution < 1.29 is 18.3 Å². The molecule has 0 N–H and O–H groups in total. The van der Waals surface area contributed by atoms with Gasteiger partial charge in [-0.15, -0.1) is 0 Å². The van der Waals surface area contributed by atoms with Crippen LogP contribution in [0.4, 0.5) is 8.78 Å². The molecular weight excluding hydrogens is 238 g/mol. The minimum absolute atomic E-state index is 0.0715. The molecular formula is C14H10F2O2. The van der Waals surface area contributed by atoms with Crippen molar-refractivity contribution in [1.29, 1.82) is 0 Å². The van der Waals surface area contributed by atoms with Crippen molar-refractivity contribution in [1.82, 2.24) is 0 Å². The first-order chi connectivity index (χ1) is 8.70. The Labute approximate surface area is 103 Å². The fourth-order valence-corrected chi connectivity index (χ4v) is 1.50. The maximum absolute atomic E-state index is 13.0. The first-order valence-electron chi connectivity index (χ1n) is 5.31. The van der Waals surface area contributed by atoms with Gasteiger partial charge in [0.15, 0.2) is 17.9 Å². The molecule has 0 aliphatic rings. The second-order valence-corrected chi connectivity index (χ2v) is 3.69. The van der Waals surface area contributed by atoms with Crippen molar-refractivity contribution in [3.63, 3.8) is 0 Å². The highest BCUT2D eigenvalue weighted by molar-refractivity contribution is 5.79. The molecule has 2 rings (SSSR count). The SMILES string of the molecule is O=Cc1ccccc1OCc1ccc(F)c(F)c1. The van der Waals surface area contributed by atoms with Crippen molar-refractivity contribution >= 4 is 6.29 Å². The molecule has 0 fully saturated rings. The molecule has 4 heteroatoms. The van der Waals surface area contributed by atoms with Gasteiger partial charge in [-0.3, -0.25) is 4.79 Å². The number of halogens is 2. The molecule has 0 unspecified atom stereocenters. The van der Waals surface area contributed by atoms with E-state index in [0.29, 0.717) is 23.2 Å². The summed E-state index contributed by atoms with van der Waals surface area (Å²) in [5.41, 5.74) is 0.912. The number of hydrogen-bond donors (Lipinski definition) is 0. The van der Waals surface area contributed by atoms with Gasteiger partial charge in [-0.05, 0) is 29.8 Å². The summed E-state index contributed by atoms with van der Waals surface area (Å²) in [4.78, 5) is 10.7. The summed E-state index contributed by atoms with van der Waals surface area (Å²) in [5.74, 6) is -1.40. The Morgan fingerprint density at radius 2 is 1.83 bits per heavy atom. The number of aldehydes is 1. The molecule has 0 amide bonds. The van der Waals surface area contributed by atoms with Crippen LogP contribution in [0.25, 0.3) is 0 Å². The van der Waals surface area contributed by atoms with E-state index in [9.17, 15) is 13.6 Å². The van der Waals surface area contributed by atoms with Crippen LogP contribution in [0.5, 0.6) is 5.75 Å². The van der Waals surface area contributed by atoms with Crippen LogP contribution in [0.2, 0.25) is 0 Å². The quantitative estimate of drug-likeness (QED) is 0.775. The first-order valence-corrected chi connectivity index (χ1v) is 5.31. The highest BCUT2D eigenvalue weighted by Crippen LogP contribution is 2.18. The minimum Gasteiger partial charge on any atom is -0.488 e. The number of para-hydroxylation sites is 1. The maximum atomic E-state index is 13.0. The topological polar surface area (TPSA) is 26.3 Å². The van der Waals surface area contributed by atoms with Crippen LogP contribution >= 0.6 is 0 Å². The molecule has 0 spiro atoms. The second-order valence-electron chi connectivity index (χ2n) is 3.69. The summed E-state index contributed by atoms with van der Waals surface area (Å²) in [6, 6.07) is 10.2. The third-order valence-electron chi connectivity index (χ3n) is 2.42. The van der Waals surface area contributed by atoms with Gasteiger partial charge in [-0.2, -0.15) is 0 Å². The largest absolute Gasteiger partial charge is 0.488 e. The molecule has 18 heavy (non-hydrogen) atoms. The van der Waals surface area contributed by atoms with Crippen molar-refractivity contribution in [3.8, 4) is 5.75 Å². The molecule has 2 aromatic carbocycles. The number of carbonyl (C=O) groups is 1. The van der Waals surface area contributed by atoms with Crippen molar-refractivity contribution in [2.75, 3.05) is 0 Å². The minimum atomic E-state index is -0.917. The lowest BCUT2D eigenvalue weighted by molar-refractivity contribution is 0.111. The van der Waals surface area contributed by atoms with Crippen LogP contribution in [-0.4, -0.2) is 6.29 Å². The van der Waals surface area contributed by atoms with Gasteiger partial charge in [0.25, 0.3) is 0 Å². The average Bonchev–Trinajstić information content (AvgIpc) is 2.40. The predicted octanol–water partition coefficient (Wildman–Crippen LogP) is 3.36. The van der Waals surface area contributed by atoms with Gasteiger partial charge in [-0.25, -0.2) is 8.78 Å². The van der Waals surface area contributed by atoms with Crippen LogP contribution in [0.1, 0.15) is 15.9 Å². The van der Waals surface area contributed by atoms with Gasteiger partial charge in [0.05, 0.1) is 5.56 Å². The van der Waals surface area contributed by atoms with Crippen LogP contribution in [0.15, 0.2) is 42.5 Å². The number of rotatable bonds is 4. The highest BCUT2D eigenvalue weighted by Gasteiger charge is 2.05. The number of ether oxygens (including phenoxy) is 1. The Hall–Kier alpha value is -2.23. The molecule has 0 saturated heterocycles. The summed E-state index contributed by atoms with van der Waals surface area (Å²) < 4.78 is 31.1. The lowest BCUT2D eigenvalue weighted by atomic mass is 10.2. The molecule has 2 aromatic rings. The third kappa shape index (κ3) is 2.71. The molecule has 0 saturated carbocycles. The van der Waals surface area contributed by atoms with Gasteiger partial charge in [-0.1, -0.05) is 18.2 Å². The Balaban J connectivity index is 2.11. The number of hydrogen-bond acceptors (Lipinski definition) is 2. The van der Waals surface area contributed by atoms with Gasteiger partial charge >= 0.3 is 0 Å². The van der Waals surface area contributed by atoms with E-state index in [-0.39, 0.29) is 6.61 Å². The number of benzene rings is 2. The van der Waals surface area contributed by atoms with E-state index in [1.165, 1.54) is 6.07 Å². The van der Waals surface area contributed by atoms with E-state index >= 15 is 0 Å². The molecule has 2 nitrogen and oxygen atoms in total. The average molecular weight is 248 g/mol. The van der Waals surface area contributed by atoms with Gasteiger partial charge in [0.2, 0.25) is 0 Å². The molecule has 0 radical (unpaired) electrons. The monoisotopic (exact) mass is 248 g/mol. The smallest absolute Gasteiger partial charge is 0.159 e. The van der Waals surface area contributed by atoms with E-state index in [4.69, 9.17) is 4.74 Å². The first kappa shape index (κ1) is 12.2. The predicted molar refractivity (Wildman–Crippen MR) is 62.5 cm³/mol. The van der Waals surface area contributed by atoms with Gasteiger partial charge in [0, 0.05) is 0 Å². The molecule has 0 heterocycles. The zero-order valence-electron chi connectivity index (χ0n) is 9.40. The highest BCUT2D eigenvalue weighted by atomic mass is 19.2. The van der Waals surface area contributed by atoms with E-state index in [2.05, 4.69) is 0 Å². The fraction of sp³-hybridized carbons (Fsp3) is 0.0714. The normalized spacial score (nSPS) is 10.1. The zero-order chi connectivity index (χ0) is 13.0. The van der Waals surface area contributed by atoms with E-state index in [1.54, 1.807) is 24.3 Å². The van der Waals surface area contributed by atoms with Crippen LogP contribution in [-0.2, 0) is 6.61 Å². The molecule has 0 aromatic heterocycles. The summed E-state index contributed by atoms with van der Waals surface area (Å²) in [5, 5.41) is 0. The molecule has 0 aliphatic carbocycles. The summed E-state index contributed by atoms with van der Waals surface area (Å²) in [7, 11) is 0. The van der Waals surface area contributed by atoms with Crippen LogP contribution in [0, 0.1) is 11.6 Å². The maximum Gasteiger partial charge on any atom is 0.159 e. The van der Waals surface area contributed by atoms with Crippen molar-refractivity contribution in [2.24, 2.45) is 0 Å². The van der Waals surface area contributed by atoms with Crippen LogP contribution < -0.4 is 4.74 Å². The van der Waals surface area contributed by atoms with E-state index < -0.39 is 11.6 Å². The van der Waals surface area contributed by atoms with Gasteiger partial charge < -0.3 is 4.74 Å². The Morgan fingerprint density at radius 3 is 2.56 bits per heavy atom. The standard InChI is InChI=1S/C14H10F2O2/c15-12-6-5-10(7-13(12)16)9-18-14-4-2-1-3-11(14)8-17/h1-8H,9H2. The summed E-state index contributed by atoms with van der Waals surface area (Å²) in [6.45, 7) is 0.0715. The molecule has 0 atom stereocenters. The number of carbonyl (C=O) groups excluding carboxylic acids is 1. The fourth-order valence-electron chi connectivity index (χ4n) is 1.50. The lowest BCUT2D eigenvalue weighted by Gasteiger charge is -2.08. The van der Waals surface area contributed by atoms with Crippen molar-refractivity contribution in [2.45, 2.75) is 6.61 Å². The Bertz CT molecular complexity index is 567. The second kappa shape index (κ2) is 5.40. The zero-order valence-corrected chi connectivity index (χ0v) is 9.40. The summed E-state index contributed by atoms with van der Waals surface area (Å²) in [6.07, 6.45) is 0.681.